The van der Waals surface area contributed by atoms with Gasteiger partial charge in [0, 0.05) is 11.1 Å². The van der Waals surface area contributed by atoms with E-state index < -0.39 is 17.8 Å². The molecule has 168 valence electrons. The van der Waals surface area contributed by atoms with Crippen molar-refractivity contribution in [3.8, 4) is 5.75 Å². The summed E-state index contributed by atoms with van der Waals surface area (Å²) >= 11 is 0. The third-order valence-electron chi connectivity index (χ3n) is 4.97. The molecule has 0 aliphatic heterocycles. The van der Waals surface area contributed by atoms with E-state index in [4.69, 9.17) is 4.74 Å². The number of carbonyl (C=O) groups is 3. The Balaban J connectivity index is 1.31. The summed E-state index contributed by atoms with van der Waals surface area (Å²) in [5.41, 5.74) is 4.82. The molecule has 4 aromatic rings. The molecule has 0 bridgehead atoms. The second-order valence-electron chi connectivity index (χ2n) is 7.51. The Bertz CT molecular complexity index is 1390. The van der Waals surface area contributed by atoms with Gasteiger partial charge in [-0.1, -0.05) is 54.1 Å². The number of hydrogen-bond donors (Lipinski definition) is 2. The zero-order valence-corrected chi connectivity index (χ0v) is 18.3. The Morgan fingerprint density at radius 1 is 0.824 bits per heavy atom. The fourth-order valence-corrected chi connectivity index (χ4v) is 3.29. The smallest absolute Gasteiger partial charge is 0.343 e. The maximum Gasteiger partial charge on any atom is 0.343 e. The second-order valence-corrected chi connectivity index (χ2v) is 7.51. The summed E-state index contributed by atoms with van der Waals surface area (Å²) in [6, 6.07) is 26.7. The molecular weight excluding hydrogens is 430 g/mol. The molecule has 0 atom stereocenters. The summed E-state index contributed by atoms with van der Waals surface area (Å²) < 4.78 is 5.37. The molecule has 4 aromatic carbocycles. The molecule has 0 fully saturated rings. The molecule has 0 aliphatic rings. The van der Waals surface area contributed by atoms with Gasteiger partial charge in [-0.2, -0.15) is 5.10 Å². The van der Waals surface area contributed by atoms with Gasteiger partial charge in [-0.15, -0.1) is 0 Å². The molecule has 0 unspecified atom stereocenters. The van der Waals surface area contributed by atoms with E-state index in [1.807, 2.05) is 43.3 Å². The molecule has 0 aromatic heterocycles. The molecule has 0 saturated carbocycles. The summed E-state index contributed by atoms with van der Waals surface area (Å²) in [6.07, 6.45) is 1.38. The summed E-state index contributed by atoms with van der Waals surface area (Å²) in [7, 11) is 0. The zero-order chi connectivity index (χ0) is 23.9. The number of fused-ring (bicyclic) bond motifs is 1. The summed E-state index contributed by atoms with van der Waals surface area (Å²) in [4.78, 5) is 36.6. The van der Waals surface area contributed by atoms with Crippen LogP contribution in [0.5, 0.6) is 5.75 Å². The second kappa shape index (κ2) is 10.2. The molecule has 7 heteroatoms. The maximum atomic E-state index is 12.2. The Labute approximate surface area is 196 Å². The van der Waals surface area contributed by atoms with Crippen LogP contribution in [0.1, 0.15) is 21.5 Å². The fraction of sp³-hybridized carbons (Fsp3) is 0.0370. The predicted octanol–water partition coefficient (Wildman–Crippen LogP) is 4.46. The first kappa shape index (κ1) is 22.4. The molecule has 0 spiro atoms. The van der Waals surface area contributed by atoms with E-state index in [1.165, 1.54) is 6.21 Å². The minimum Gasteiger partial charge on any atom is -0.423 e. The Morgan fingerprint density at radius 2 is 1.56 bits per heavy atom. The van der Waals surface area contributed by atoms with Gasteiger partial charge in [0.15, 0.2) is 0 Å². The lowest BCUT2D eigenvalue weighted by Crippen LogP contribution is -2.32. The Kier molecular flexibility index (Phi) is 6.74. The van der Waals surface area contributed by atoms with Crippen LogP contribution in [0, 0.1) is 6.92 Å². The van der Waals surface area contributed by atoms with Crippen molar-refractivity contribution in [3.05, 3.63) is 108 Å². The third-order valence-corrected chi connectivity index (χ3v) is 4.97. The average molecular weight is 451 g/mol. The van der Waals surface area contributed by atoms with Crippen molar-refractivity contribution in [1.29, 1.82) is 0 Å². The topological polar surface area (TPSA) is 96.9 Å². The molecule has 0 aliphatic carbocycles. The molecule has 2 N–H and O–H groups in total. The van der Waals surface area contributed by atoms with Gasteiger partial charge in [0.2, 0.25) is 0 Å². The van der Waals surface area contributed by atoms with E-state index in [2.05, 4.69) is 15.8 Å². The number of rotatable bonds is 5. The number of esters is 1. The number of hydrazone groups is 1. The van der Waals surface area contributed by atoms with Crippen molar-refractivity contribution in [3.63, 3.8) is 0 Å². The largest absolute Gasteiger partial charge is 0.423 e. The van der Waals surface area contributed by atoms with Crippen LogP contribution in [0.2, 0.25) is 0 Å². The van der Waals surface area contributed by atoms with Gasteiger partial charge in [-0.05, 0) is 60.3 Å². The van der Waals surface area contributed by atoms with E-state index in [1.54, 1.807) is 54.6 Å². The van der Waals surface area contributed by atoms with Crippen molar-refractivity contribution in [1.82, 2.24) is 5.43 Å². The predicted molar refractivity (Wildman–Crippen MR) is 131 cm³/mol. The van der Waals surface area contributed by atoms with E-state index in [9.17, 15) is 14.4 Å². The monoisotopic (exact) mass is 451 g/mol. The molecule has 7 nitrogen and oxygen atoms in total. The average Bonchev–Trinajstić information content (AvgIpc) is 2.85. The number of anilines is 1. The number of nitrogens with zero attached hydrogens (tertiary/aromatic N) is 1. The van der Waals surface area contributed by atoms with Crippen molar-refractivity contribution in [2.75, 3.05) is 5.32 Å². The molecule has 0 heterocycles. The van der Waals surface area contributed by atoms with Gasteiger partial charge in [0.1, 0.15) is 5.75 Å². The van der Waals surface area contributed by atoms with Gasteiger partial charge in [-0.3, -0.25) is 9.59 Å². The number of hydrogen-bond acceptors (Lipinski definition) is 5. The first-order valence-electron chi connectivity index (χ1n) is 10.5. The number of nitrogens with one attached hydrogen (secondary N) is 2. The highest BCUT2D eigenvalue weighted by Crippen LogP contribution is 2.22. The van der Waals surface area contributed by atoms with Crippen molar-refractivity contribution >= 4 is 40.5 Å². The highest BCUT2D eigenvalue weighted by Gasteiger charge is 2.14. The minimum absolute atomic E-state index is 0.377. The van der Waals surface area contributed by atoms with Crippen LogP contribution < -0.4 is 15.5 Å². The molecule has 2 amide bonds. The van der Waals surface area contributed by atoms with Gasteiger partial charge in [0.05, 0.1) is 11.8 Å². The Morgan fingerprint density at radius 3 is 2.35 bits per heavy atom. The summed E-state index contributed by atoms with van der Waals surface area (Å²) in [5, 5.41) is 8.21. The first-order valence-corrected chi connectivity index (χ1v) is 10.5. The van der Waals surface area contributed by atoms with Crippen LogP contribution in [0.3, 0.4) is 0 Å². The quantitative estimate of drug-likeness (QED) is 0.154. The lowest BCUT2D eigenvalue weighted by atomic mass is 10.1. The summed E-state index contributed by atoms with van der Waals surface area (Å²) in [5.74, 6) is -1.79. The zero-order valence-electron chi connectivity index (χ0n) is 18.3. The van der Waals surface area contributed by atoms with Crippen molar-refractivity contribution in [2.45, 2.75) is 6.92 Å². The first-order chi connectivity index (χ1) is 16.5. The standard InChI is InChI=1S/C27H21N3O4/c1-18-6-4-9-21(16-18)27(33)34-22-14-12-19(13-15-22)17-28-30-26(32)25(31)29-24-11-5-8-20-7-2-3-10-23(20)24/h2-17H,1H3,(H,29,31)(H,30,32)/b28-17+. The molecule has 0 radical (unpaired) electrons. The number of benzene rings is 4. The van der Waals surface area contributed by atoms with Crippen molar-refractivity contribution < 1.29 is 19.1 Å². The molecule has 34 heavy (non-hydrogen) atoms. The van der Waals surface area contributed by atoms with Crippen LogP contribution in [-0.4, -0.2) is 24.0 Å². The van der Waals surface area contributed by atoms with Gasteiger partial charge in [0.25, 0.3) is 0 Å². The highest BCUT2D eigenvalue weighted by atomic mass is 16.5. The molecule has 0 saturated heterocycles. The van der Waals surface area contributed by atoms with Gasteiger partial charge in [-0.25, -0.2) is 10.2 Å². The van der Waals surface area contributed by atoms with E-state index in [-0.39, 0.29) is 0 Å². The van der Waals surface area contributed by atoms with Crippen LogP contribution in [0.25, 0.3) is 10.8 Å². The molecular formula is C27H21N3O4. The Hall–Kier alpha value is -4.78. The van der Waals surface area contributed by atoms with E-state index >= 15 is 0 Å². The lowest BCUT2D eigenvalue weighted by molar-refractivity contribution is -0.136. The van der Waals surface area contributed by atoms with Crippen LogP contribution in [0.15, 0.2) is 96.1 Å². The van der Waals surface area contributed by atoms with Gasteiger partial charge >= 0.3 is 17.8 Å². The minimum atomic E-state index is -0.895. The third kappa shape index (κ3) is 5.52. The normalized spacial score (nSPS) is 10.7. The lowest BCUT2D eigenvalue weighted by Gasteiger charge is -2.07. The number of carbonyl (C=O) groups excluding carboxylic acids is 3. The molecule has 4 rings (SSSR count). The van der Waals surface area contributed by atoms with Crippen molar-refractivity contribution in [2.24, 2.45) is 5.10 Å². The highest BCUT2D eigenvalue weighted by molar-refractivity contribution is 6.40. The fourth-order valence-electron chi connectivity index (χ4n) is 3.29. The van der Waals surface area contributed by atoms with Crippen LogP contribution in [0.4, 0.5) is 5.69 Å². The van der Waals surface area contributed by atoms with E-state index in [0.717, 1.165) is 16.3 Å². The van der Waals surface area contributed by atoms with Crippen LogP contribution in [-0.2, 0) is 9.59 Å². The summed E-state index contributed by atoms with van der Waals surface area (Å²) in [6.45, 7) is 1.90. The van der Waals surface area contributed by atoms with Crippen LogP contribution >= 0.6 is 0 Å². The van der Waals surface area contributed by atoms with E-state index in [0.29, 0.717) is 22.6 Å². The number of amides is 2. The number of aryl methyl sites for hydroxylation is 1. The maximum absolute atomic E-state index is 12.2. The van der Waals surface area contributed by atoms with Gasteiger partial charge < -0.3 is 10.1 Å². The SMILES string of the molecule is Cc1cccc(C(=O)Oc2ccc(/C=N/NC(=O)C(=O)Nc3cccc4ccccc34)cc2)c1. The number of ether oxygens (including phenoxy) is 1.